The summed E-state index contributed by atoms with van der Waals surface area (Å²) >= 11 is 0. The zero-order valence-electron chi connectivity index (χ0n) is 11.3. The van der Waals surface area contributed by atoms with E-state index in [1.165, 1.54) is 6.39 Å². The molecule has 3 rings (SSSR count). The van der Waals surface area contributed by atoms with Gasteiger partial charge >= 0.3 is 0 Å². The SMILES string of the molecule is Cc1ccc(-c2ocnc2C(=O)NC2CCNC2)cc1. The van der Waals surface area contributed by atoms with Gasteiger partial charge in [0.2, 0.25) is 0 Å². The van der Waals surface area contributed by atoms with Gasteiger partial charge < -0.3 is 15.1 Å². The Bertz CT molecular complexity index is 598. The van der Waals surface area contributed by atoms with E-state index in [1.54, 1.807) is 0 Å². The molecule has 1 aliphatic heterocycles. The van der Waals surface area contributed by atoms with Crippen LogP contribution in [0, 0.1) is 6.92 Å². The number of nitrogens with zero attached hydrogens (tertiary/aromatic N) is 1. The summed E-state index contributed by atoms with van der Waals surface area (Å²) in [5.41, 5.74) is 2.37. The molecule has 1 saturated heterocycles. The minimum Gasteiger partial charge on any atom is -0.443 e. The topological polar surface area (TPSA) is 67.2 Å². The van der Waals surface area contributed by atoms with Crippen molar-refractivity contribution in [1.29, 1.82) is 0 Å². The van der Waals surface area contributed by atoms with Crippen molar-refractivity contribution < 1.29 is 9.21 Å². The van der Waals surface area contributed by atoms with E-state index in [9.17, 15) is 4.79 Å². The number of rotatable bonds is 3. The summed E-state index contributed by atoms with van der Waals surface area (Å²) in [7, 11) is 0. The third-order valence-electron chi connectivity index (χ3n) is 3.49. The van der Waals surface area contributed by atoms with Crippen molar-refractivity contribution in [2.24, 2.45) is 0 Å². The van der Waals surface area contributed by atoms with Crippen LogP contribution in [0.1, 0.15) is 22.5 Å². The maximum Gasteiger partial charge on any atom is 0.274 e. The molecule has 20 heavy (non-hydrogen) atoms. The van der Waals surface area contributed by atoms with Crippen molar-refractivity contribution in [3.63, 3.8) is 0 Å². The largest absolute Gasteiger partial charge is 0.443 e. The van der Waals surface area contributed by atoms with Crippen LogP contribution in [-0.4, -0.2) is 30.0 Å². The van der Waals surface area contributed by atoms with Crippen LogP contribution in [0.3, 0.4) is 0 Å². The van der Waals surface area contributed by atoms with Crippen molar-refractivity contribution in [2.45, 2.75) is 19.4 Å². The Kier molecular flexibility index (Phi) is 3.52. The number of oxazole rings is 1. The fraction of sp³-hybridized carbons (Fsp3) is 0.333. The minimum atomic E-state index is -0.178. The number of carbonyl (C=O) groups is 1. The third kappa shape index (κ3) is 2.58. The molecule has 5 nitrogen and oxygen atoms in total. The van der Waals surface area contributed by atoms with Gasteiger partial charge in [0.25, 0.3) is 5.91 Å². The highest BCUT2D eigenvalue weighted by molar-refractivity contribution is 5.97. The van der Waals surface area contributed by atoms with E-state index in [4.69, 9.17) is 4.42 Å². The lowest BCUT2D eigenvalue weighted by Gasteiger charge is -2.10. The van der Waals surface area contributed by atoms with Crippen LogP contribution in [-0.2, 0) is 0 Å². The fourth-order valence-electron chi connectivity index (χ4n) is 2.35. The molecule has 2 aromatic rings. The van der Waals surface area contributed by atoms with E-state index in [0.29, 0.717) is 11.5 Å². The van der Waals surface area contributed by atoms with E-state index < -0.39 is 0 Å². The summed E-state index contributed by atoms with van der Waals surface area (Å²) in [6, 6.07) is 8.01. The molecule has 0 aliphatic carbocycles. The molecule has 1 amide bonds. The average molecular weight is 271 g/mol. The number of aryl methyl sites for hydroxylation is 1. The molecule has 0 saturated carbocycles. The van der Waals surface area contributed by atoms with Gasteiger partial charge in [0.05, 0.1) is 0 Å². The van der Waals surface area contributed by atoms with Gasteiger partial charge in [-0.3, -0.25) is 4.79 Å². The predicted molar refractivity (Wildman–Crippen MR) is 75.4 cm³/mol. The highest BCUT2D eigenvalue weighted by Crippen LogP contribution is 2.23. The molecule has 104 valence electrons. The quantitative estimate of drug-likeness (QED) is 0.892. The van der Waals surface area contributed by atoms with Crippen molar-refractivity contribution in [3.8, 4) is 11.3 Å². The lowest BCUT2D eigenvalue weighted by Crippen LogP contribution is -2.36. The number of hydrogen-bond acceptors (Lipinski definition) is 4. The van der Waals surface area contributed by atoms with Crippen molar-refractivity contribution in [3.05, 3.63) is 41.9 Å². The highest BCUT2D eigenvalue weighted by atomic mass is 16.3. The van der Waals surface area contributed by atoms with Crippen LogP contribution >= 0.6 is 0 Å². The molecule has 5 heteroatoms. The second-order valence-electron chi connectivity index (χ2n) is 5.06. The second-order valence-corrected chi connectivity index (χ2v) is 5.06. The molecule has 0 spiro atoms. The van der Waals surface area contributed by atoms with Crippen molar-refractivity contribution >= 4 is 5.91 Å². The zero-order valence-corrected chi connectivity index (χ0v) is 11.3. The van der Waals surface area contributed by atoms with Gasteiger partial charge in [-0.25, -0.2) is 4.98 Å². The maximum atomic E-state index is 12.3. The Morgan fingerprint density at radius 1 is 1.40 bits per heavy atom. The van der Waals surface area contributed by atoms with Gasteiger partial charge in [-0.05, 0) is 19.9 Å². The average Bonchev–Trinajstić information content (AvgIpc) is 3.10. The van der Waals surface area contributed by atoms with Crippen molar-refractivity contribution in [2.75, 3.05) is 13.1 Å². The van der Waals surface area contributed by atoms with Gasteiger partial charge in [0.15, 0.2) is 17.8 Å². The summed E-state index contributed by atoms with van der Waals surface area (Å²) in [6.07, 6.45) is 2.26. The molecule has 1 aliphatic rings. The van der Waals surface area contributed by atoms with Crippen LogP contribution in [0.4, 0.5) is 0 Å². The lowest BCUT2D eigenvalue weighted by molar-refractivity contribution is 0.0936. The van der Waals surface area contributed by atoms with Crippen LogP contribution in [0.15, 0.2) is 35.1 Å². The molecular weight excluding hydrogens is 254 g/mol. The van der Waals surface area contributed by atoms with E-state index in [1.807, 2.05) is 31.2 Å². The number of nitrogens with one attached hydrogen (secondary N) is 2. The van der Waals surface area contributed by atoms with E-state index in [0.717, 1.165) is 30.6 Å². The van der Waals surface area contributed by atoms with Gasteiger partial charge in [-0.2, -0.15) is 0 Å². The minimum absolute atomic E-state index is 0.171. The Morgan fingerprint density at radius 2 is 2.20 bits per heavy atom. The number of amides is 1. The van der Waals surface area contributed by atoms with Gasteiger partial charge in [0, 0.05) is 18.2 Å². The highest BCUT2D eigenvalue weighted by Gasteiger charge is 2.22. The monoisotopic (exact) mass is 271 g/mol. The first-order valence-electron chi connectivity index (χ1n) is 6.76. The van der Waals surface area contributed by atoms with Crippen LogP contribution < -0.4 is 10.6 Å². The Labute approximate surface area is 117 Å². The molecule has 0 radical (unpaired) electrons. The molecule has 1 fully saturated rings. The summed E-state index contributed by atoms with van der Waals surface area (Å²) < 4.78 is 5.39. The number of carbonyl (C=O) groups excluding carboxylic acids is 1. The molecule has 2 N–H and O–H groups in total. The standard InChI is InChI=1S/C15H17N3O2/c1-10-2-4-11(5-3-10)14-13(17-9-20-14)15(19)18-12-6-7-16-8-12/h2-5,9,12,16H,6-8H2,1H3,(H,18,19). The second kappa shape index (κ2) is 5.46. The number of hydrogen-bond donors (Lipinski definition) is 2. The molecule has 2 heterocycles. The van der Waals surface area contributed by atoms with Gasteiger partial charge in [-0.1, -0.05) is 29.8 Å². The molecule has 1 aromatic carbocycles. The molecule has 0 bridgehead atoms. The first kappa shape index (κ1) is 12.9. The molecular formula is C15H17N3O2. The van der Waals surface area contributed by atoms with Gasteiger partial charge in [-0.15, -0.1) is 0 Å². The van der Waals surface area contributed by atoms with Crippen LogP contribution in [0.5, 0.6) is 0 Å². The van der Waals surface area contributed by atoms with Crippen molar-refractivity contribution in [1.82, 2.24) is 15.6 Å². The number of aromatic nitrogens is 1. The first-order valence-corrected chi connectivity index (χ1v) is 6.76. The van der Waals surface area contributed by atoms with Gasteiger partial charge in [0.1, 0.15) is 0 Å². The smallest absolute Gasteiger partial charge is 0.274 e. The molecule has 1 aromatic heterocycles. The lowest BCUT2D eigenvalue weighted by atomic mass is 10.1. The number of benzene rings is 1. The van der Waals surface area contributed by atoms with Crippen LogP contribution in [0.25, 0.3) is 11.3 Å². The van der Waals surface area contributed by atoms with E-state index in [-0.39, 0.29) is 11.9 Å². The predicted octanol–water partition coefficient (Wildman–Crippen LogP) is 1.74. The Hall–Kier alpha value is -2.14. The summed E-state index contributed by atoms with van der Waals surface area (Å²) in [5, 5.41) is 6.20. The normalized spacial score (nSPS) is 18.1. The molecule has 1 atom stereocenters. The summed E-state index contributed by atoms with van der Waals surface area (Å²) in [5.74, 6) is 0.344. The summed E-state index contributed by atoms with van der Waals surface area (Å²) in [4.78, 5) is 16.3. The maximum absolute atomic E-state index is 12.3. The zero-order chi connectivity index (χ0) is 13.9. The third-order valence-corrected chi connectivity index (χ3v) is 3.49. The first-order chi connectivity index (χ1) is 9.74. The Morgan fingerprint density at radius 3 is 2.90 bits per heavy atom. The fourth-order valence-corrected chi connectivity index (χ4v) is 2.35. The van der Waals surface area contributed by atoms with E-state index >= 15 is 0 Å². The van der Waals surface area contributed by atoms with Crippen LogP contribution in [0.2, 0.25) is 0 Å². The van der Waals surface area contributed by atoms with E-state index in [2.05, 4.69) is 15.6 Å². The summed E-state index contributed by atoms with van der Waals surface area (Å²) in [6.45, 7) is 3.77. The Balaban J connectivity index is 1.82. The molecule has 1 unspecified atom stereocenters.